The number of esters is 1. The number of carbonyl (C=O) groups excluding carboxylic acids is 1. The van der Waals surface area contributed by atoms with Gasteiger partial charge in [-0.15, -0.1) is 0 Å². The second-order valence-corrected chi connectivity index (χ2v) is 10.7. The van der Waals surface area contributed by atoms with Crippen molar-refractivity contribution in [1.82, 2.24) is 0 Å². The molecule has 0 rings (SSSR count). The molecule has 0 saturated carbocycles. The number of rotatable bonds is 27. The minimum atomic E-state index is -0.337. The van der Waals surface area contributed by atoms with Gasteiger partial charge < -0.3 is 9.84 Å². The van der Waals surface area contributed by atoms with Gasteiger partial charge in [-0.3, -0.25) is 4.79 Å². The highest BCUT2D eigenvalue weighted by Gasteiger charge is 2.15. The molecule has 0 spiro atoms. The molecule has 3 heteroatoms. The van der Waals surface area contributed by atoms with Crippen LogP contribution in [-0.2, 0) is 9.53 Å². The zero-order valence-electron chi connectivity index (χ0n) is 23.6. The molecule has 34 heavy (non-hydrogen) atoms. The first-order chi connectivity index (χ1) is 16.6. The number of carbonyl (C=O) groups is 1. The third-order valence-corrected chi connectivity index (χ3v) is 7.24. The van der Waals surface area contributed by atoms with Gasteiger partial charge in [0.05, 0.1) is 12.7 Å². The number of aliphatic hydroxyl groups is 1. The molecule has 0 aliphatic heterocycles. The van der Waals surface area contributed by atoms with E-state index in [0.29, 0.717) is 25.4 Å². The highest BCUT2D eigenvalue weighted by Crippen LogP contribution is 2.24. The molecule has 1 N–H and O–H groups in total. The first-order valence-corrected chi connectivity index (χ1v) is 15.5. The maximum absolute atomic E-state index is 12.0. The Morgan fingerprint density at radius 2 is 1.00 bits per heavy atom. The standard InChI is InChI=1S/C31H62O3/c1-4-7-10-13-16-19-22-25-31(33)34-27-26-30(32)28-29(23-20-17-14-11-8-5-2)24-21-18-15-12-9-6-3/h29-30,32H,4-28H2,1-3H3/t30-/m1/s1. The lowest BCUT2D eigenvalue weighted by atomic mass is 9.89. The minimum absolute atomic E-state index is 0.0866. The van der Waals surface area contributed by atoms with Gasteiger partial charge in [0.25, 0.3) is 0 Å². The summed E-state index contributed by atoms with van der Waals surface area (Å²) in [5.74, 6) is 0.534. The smallest absolute Gasteiger partial charge is 0.305 e. The van der Waals surface area contributed by atoms with Gasteiger partial charge >= 0.3 is 5.97 Å². The highest BCUT2D eigenvalue weighted by molar-refractivity contribution is 5.69. The molecule has 1 atom stereocenters. The van der Waals surface area contributed by atoms with Crippen molar-refractivity contribution in [2.75, 3.05) is 6.61 Å². The molecule has 0 heterocycles. The molecule has 0 amide bonds. The fourth-order valence-electron chi connectivity index (χ4n) is 4.92. The van der Waals surface area contributed by atoms with E-state index in [1.807, 2.05) is 0 Å². The van der Waals surface area contributed by atoms with Crippen LogP contribution in [0.15, 0.2) is 0 Å². The maximum atomic E-state index is 12.0. The third-order valence-electron chi connectivity index (χ3n) is 7.24. The predicted octanol–water partition coefficient (Wildman–Crippen LogP) is 9.93. The van der Waals surface area contributed by atoms with E-state index in [4.69, 9.17) is 4.74 Å². The Kier molecular flexibility index (Phi) is 26.6. The molecule has 3 nitrogen and oxygen atoms in total. The van der Waals surface area contributed by atoms with Crippen molar-refractivity contribution in [3.8, 4) is 0 Å². The molecule has 0 aromatic carbocycles. The van der Waals surface area contributed by atoms with Crippen molar-refractivity contribution < 1.29 is 14.6 Å². The van der Waals surface area contributed by atoms with Crippen LogP contribution in [0.5, 0.6) is 0 Å². The minimum Gasteiger partial charge on any atom is -0.466 e. The van der Waals surface area contributed by atoms with Gasteiger partial charge in [0, 0.05) is 12.8 Å². The Bertz CT molecular complexity index is 393. The topological polar surface area (TPSA) is 46.5 Å². The van der Waals surface area contributed by atoms with E-state index < -0.39 is 0 Å². The highest BCUT2D eigenvalue weighted by atomic mass is 16.5. The van der Waals surface area contributed by atoms with E-state index in [-0.39, 0.29) is 12.1 Å². The van der Waals surface area contributed by atoms with Crippen molar-refractivity contribution in [3.05, 3.63) is 0 Å². The van der Waals surface area contributed by atoms with Crippen LogP contribution in [0.2, 0.25) is 0 Å². The van der Waals surface area contributed by atoms with Gasteiger partial charge in [0.1, 0.15) is 0 Å². The molecule has 0 fully saturated rings. The summed E-state index contributed by atoms with van der Waals surface area (Å²) in [6.45, 7) is 7.14. The van der Waals surface area contributed by atoms with Gasteiger partial charge in [0.15, 0.2) is 0 Å². The summed E-state index contributed by atoms with van der Waals surface area (Å²) >= 11 is 0. The van der Waals surface area contributed by atoms with Crippen LogP contribution in [0.4, 0.5) is 0 Å². The lowest BCUT2D eigenvalue weighted by Crippen LogP contribution is -2.17. The molecule has 0 aliphatic carbocycles. The second-order valence-electron chi connectivity index (χ2n) is 10.7. The molecular formula is C31H62O3. The van der Waals surface area contributed by atoms with Crippen LogP contribution in [0.3, 0.4) is 0 Å². The van der Waals surface area contributed by atoms with Gasteiger partial charge in [-0.25, -0.2) is 0 Å². The fourth-order valence-corrected chi connectivity index (χ4v) is 4.92. The van der Waals surface area contributed by atoms with E-state index >= 15 is 0 Å². The average molecular weight is 483 g/mol. The van der Waals surface area contributed by atoms with Crippen LogP contribution in [-0.4, -0.2) is 23.8 Å². The summed E-state index contributed by atoms with van der Waals surface area (Å²) in [4.78, 5) is 12.0. The normalized spacial score (nSPS) is 12.4. The summed E-state index contributed by atoms with van der Waals surface area (Å²) in [5.41, 5.74) is 0. The third kappa shape index (κ3) is 24.6. The molecule has 0 bridgehead atoms. The van der Waals surface area contributed by atoms with E-state index in [0.717, 1.165) is 19.3 Å². The SMILES string of the molecule is CCCCCCCCCC(=O)OCC[C@@H](O)CC(CCCCCCCC)CCCCCCCC. The Morgan fingerprint density at radius 1 is 0.588 bits per heavy atom. The summed E-state index contributed by atoms with van der Waals surface area (Å²) in [5, 5.41) is 10.6. The lowest BCUT2D eigenvalue weighted by molar-refractivity contribution is -0.144. The van der Waals surface area contributed by atoms with Crippen molar-refractivity contribution in [1.29, 1.82) is 0 Å². The van der Waals surface area contributed by atoms with Crippen molar-refractivity contribution >= 4 is 5.97 Å². The first kappa shape index (κ1) is 33.4. The zero-order valence-corrected chi connectivity index (χ0v) is 23.6. The van der Waals surface area contributed by atoms with E-state index in [1.165, 1.54) is 122 Å². The van der Waals surface area contributed by atoms with Crippen LogP contribution in [0.25, 0.3) is 0 Å². The molecule has 0 unspecified atom stereocenters. The largest absolute Gasteiger partial charge is 0.466 e. The maximum Gasteiger partial charge on any atom is 0.305 e. The van der Waals surface area contributed by atoms with E-state index in [2.05, 4.69) is 20.8 Å². The van der Waals surface area contributed by atoms with Crippen molar-refractivity contribution in [2.45, 2.75) is 181 Å². The number of ether oxygens (including phenoxy) is 1. The molecule has 0 aromatic heterocycles. The first-order valence-electron chi connectivity index (χ1n) is 15.5. The van der Waals surface area contributed by atoms with Crippen LogP contribution < -0.4 is 0 Å². The van der Waals surface area contributed by atoms with Crippen LogP contribution >= 0.6 is 0 Å². The molecule has 0 saturated heterocycles. The summed E-state index contributed by atoms with van der Waals surface area (Å²) in [6, 6.07) is 0. The molecular weight excluding hydrogens is 420 g/mol. The van der Waals surface area contributed by atoms with Crippen molar-refractivity contribution in [2.24, 2.45) is 5.92 Å². The number of aliphatic hydroxyl groups excluding tert-OH is 1. The van der Waals surface area contributed by atoms with Gasteiger partial charge in [-0.2, -0.15) is 0 Å². The Hall–Kier alpha value is -0.570. The van der Waals surface area contributed by atoms with Gasteiger partial charge in [-0.05, 0) is 18.8 Å². The number of hydrogen-bond donors (Lipinski definition) is 1. The van der Waals surface area contributed by atoms with Gasteiger partial charge in [-0.1, -0.05) is 149 Å². The van der Waals surface area contributed by atoms with Crippen LogP contribution in [0, 0.1) is 5.92 Å². The summed E-state index contributed by atoms with van der Waals surface area (Å²) in [6.07, 6.45) is 28.7. The quantitative estimate of drug-likeness (QED) is 0.0935. The summed E-state index contributed by atoms with van der Waals surface area (Å²) in [7, 11) is 0. The number of unbranched alkanes of at least 4 members (excludes halogenated alkanes) is 16. The molecule has 0 radical (unpaired) electrons. The molecule has 204 valence electrons. The number of hydrogen-bond acceptors (Lipinski definition) is 3. The average Bonchev–Trinajstić information content (AvgIpc) is 2.82. The lowest BCUT2D eigenvalue weighted by Gasteiger charge is -2.20. The second kappa shape index (κ2) is 27.0. The Labute approximate surface area is 214 Å². The van der Waals surface area contributed by atoms with Crippen LogP contribution in [0.1, 0.15) is 175 Å². The van der Waals surface area contributed by atoms with E-state index in [9.17, 15) is 9.90 Å². The van der Waals surface area contributed by atoms with E-state index in [1.54, 1.807) is 0 Å². The predicted molar refractivity (Wildman–Crippen MR) is 148 cm³/mol. The fraction of sp³-hybridized carbons (Fsp3) is 0.968. The summed E-state index contributed by atoms with van der Waals surface area (Å²) < 4.78 is 5.41. The molecule has 0 aliphatic rings. The zero-order chi connectivity index (χ0) is 25.1. The Morgan fingerprint density at radius 3 is 1.47 bits per heavy atom. The monoisotopic (exact) mass is 482 g/mol. The van der Waals surface area contributed by atoms with Gasteiger partial charge in [0.2, 0.25) is 0 Å². The Balaban J connectivity index is 4.02. The molecule has 0 aromatic rings. The van der Waals surface area contributed by atoms with Crippen molar-refractivity contribution in [3.63, 3.8) is 0 Å².